The Bertz CT molecular complexity index is 637. The molecule has 5 N–H and O–H groups in total. The summed E-state index contributed by atoms with van der Waals surface area (Å²) < 4.78 is 5.71. The summed E-state index contributed by atoms with van der Waals surface area (Å²) >= 11 is 5.21. The van der Waals surface area contributed by atoms with Crippen LogP contribution in [-0.4, -0.2) is 50.2 Å². The molecule has 4 atom stereocenters. The first-order chi connectivity index (χ1) is 11.1. The topological polar surface area (TPSA) is 102 Å². The Morgan fingerprint density at radius 1 is 1.26 bits per heavy atom. The van der Waals surface area contributed by atoms with E-state index in [4.69, 9.17) is 17.0 Å². The number of ether oxygens (including phenoxy) is 1. The van der Waals surface area contributed by atoms with E-state index in [1.165, 1.54) is 6.33 Å². The van der Waals surface area contributed by atoms with Crippen LogP contribution in [-0.2, 0) is 4.74 Å². The smallest absolute Gasteiger partial charge is 0.170 e. The molecule has 0 aliphatic carbocycles. The van der Waals surface area contributed by atoms with Crippen molar-refractivity contribution in [2.24, 2.45) is 0 Å². The van der Waals surface area contributed by atoms with Crippen molar-refractivity contribution in [2.45, 2.75) is 24.4 Å². The number of nitrogens with zero attached hydrogens (tertiary/aromatic N) is 1. The summed E-state index contributed by atoms with van der Waals surface area (Å²) in [7, 11) is 0. The predicted molar refractivity (Wildman–Crippen MR) is 88.9 cm³/mol. The number of H-pyrrole nitrogens is 1. The molecule has 7 nitrogen and oxygen atoms in total. The molecule has 122 valence electrons. The minimum atomic E-state index is -1.02. The lowest BCUT2D eigenvalue weighted by Gasteiger charge is -2.17. The van der Waals surface area contributed by atoms with E-state index in [2.05, 4.69) is 20.6 Å². The van der Waals surface area contributed by atoms with E-state index in [9.17, 15) is 10.2 Å². The van der Waals surface area contributed by atoms with E-state index >= 15 is 0 Å². The van der Waals surface area contributed by atoms with Crippen LogP contribution in [0.2, 0.25) is 0 Å². The van der Waals surface area contributed by atoms with Crippen LogP contribution in [0.25, 0.3) is 0 Å². The van der Waals surface area contributed by atoms with Crippen LogP contribution in [0.3, 0.4) is 0 Å². The molecule has 2 heterocycles. The average molecular weight is 334 g/mol. The van der Waals surface area contributed by atoms with Crippen molar-refractivity contribution in [3.63, 3.8) is 0 Å². The highest BCUT2D eigenvalue weighted by Gasteiger charge is 2.43. The summed E-state index contributed by atoms with van der Waals surface area (Å²) in [6.07, 6.45) is -0.155. The van der Waals surface area contributed by atoms with Gasteiger partial charge in [0.05, 0.1) is 18.2 Å². The molecule has 0 saturated carbocycles. The monoisotopic (exact) mass is 334 g/mol. The SMILES string of the molecule is O[C@@H]1[C@H](O)[C@@H](CNC(=S)Nc2ccccc2)O[C@H]1c1cnc[nH]1. The number of imidazole rings is 1. The Morgan fingerprint density at radius 2 is 2.04 bits per heavy atom. The van der Waals surface area contributed by atoms with Gasteiger partial charge in [-0.2, -0.15) is 0 Å². The number of rotatable bonds is 4. The second kappa shape index (κ2) is 7.05. The summed E-state index contributed by atoms with van der Waals surface area (Å²) in [6.45, 7) is 0.279. The van der Waals surface area contributed by atoms with E-state index < -0.39 is 24.4 Å². The third kappa shape index (κ3) is 3.67. The molecule has 1 fully saturated rings. The van der Waals surface area contributed by atoms with Crippen LogP contribution in [0.5, 0.6) is 0 Å². The number of hydrogen-bond acceptors (Lipinski definition) is 5. The zero-order chi connectivity index (χ0) is 16.2. The second-order valence-corrected chi connectivity index (χ2v) is 5.69. The highest BCUT2D eigenvalue weighted by molar-refractivity contribution is 7.80. The molecule has 1 aliphatic heterocycles. The number of thiocarbonyl (C=S) groups is 1. The number of aromatic amines is 1. The summed E-state index contributed by atoms with van der Waals surface area (Å²) in [5, 5.41) is 26.7. The Kier molecular flexibility index (Phi) is 4.87. The minimum absolute atomic E-state index is 0.279. The van der Waals surface area contributed by atoms with Crippen LogP contribution in [0, 0.1) is 0 Å². The Balaban J connectivity index is 1.53. The molecule has 0 bridgehead atoms. The van der Waals surface area contributed by atoms with Crippen LogP contribution in [0.15, 0.2) is 42.9 Å². The van der Waals surface area contributed by atoms with E-state index in [1.54, 1.807) is 6.20 Å². The van der Waals surface area contributed by atoms with Crippen molar-refractivity contribution >= 4 is 23.0 Å². The van der Waals surface area contributed by atoms with Gasteiger partial charge in [0.25, 0.3) is 0 Å². The van der Waals surface area contributed by atoms with Crippen molar-refractivity contribution in [1.29, 1.82) is 0 Å². The highest BCUT2D eigenvalue weighted by atomic mass is 32.1. The molecule has 1 aromatic carbocycles. The van der Waals surface area contributed by atoms with Gasteiger partial charge < -0.3 is 30.6 Å². The first kappa shape index (κ1) is 15.9. The van der Waals surface area contributed by atoms with Gasteiger partial charge in [-0.05, 0) is 24.4 Å². The largest absolute Gasteiger partial charge is 0.388 e. The number of aromatic nitrogens is 2. The fraction of sp³-hybridized carbons (Fsp3) is 0.333. The van der Waals surface area contributed by atoms with Crippen molar-refractivity contribution in [3.8, 4) is 0 Å². The van der Waals surface area contributed by atoms with E-state index in [0.717, 1.165) is 5.69 Å². The maximum atomic E-state index is 10.1. The van der Waals surface area contributed by atoms with Gasteiger partial charge in [0.1, 0.15) is 24.4 Å². The first-order valence-corrected chi connectivity index (χ1v) is 7.66. The van der Waals surface area contributed by atoms with Crippen LogP contribution in [0.4, 0.5) is 5.69 Å². The van der Waals surface area contributed by atoms with E-state index in [0.29, 0.717) is 10.8 Å². The van der Waals surface area contributed by atoms with Crippen LogP contribution in [0.1, 0.15) is 11.8 Å². The molecule has 8 heteroatoms. The van der Waals surface area contributed by atoms with Gasteiger partial charge in [0.15, 0.2) is 5.11 Å². The van der Waals surface area contributed by atoms with Crippen molar-refractivity contribution in [2.75, 3.05) is 11.9 Å². The lowest BCUT2D eigenvalue weighted by Crippen LogP contribution is -2.41. The molecule has 1 aliphatic rings. The molecule has 0 radical (unpaired) electrons. The number of nitrogens with one attached hydrogen (secondary N) is 3. The fourth-order valence-corrected chi connectivity index (χ4v) is 2.69. The molecule has 1 saturated heterocycles. The third-order valence-electron chi connectivity index (χ3n) is 3.68. The first-order valence-electron chi connectivity index (χ1n) is 7.25. The molecule has 23 heavy (non-hydrogen) atoms. The standard InChI is InChI=1S/C15H18N4O3S/c20-12-11(22-14(13(12)21)10-6-16-8-18-10)7-17-15(23)19-9-4-2-1-3-5-9/h1-6,8,11-14,20-21H,7H2,(H,16,18)(H2,17,19,23)/t11-,12-,13-,14+/m1/s1. The number of benzene rings is 1. The predicted octanol–water partition coefficient (Wildman–Crippen LogP) is 0.558. The lowest BCUT2D eigenvalue weighted by atomic mass is 10.1. The van der Waals surface area contributed by atoms with Crippen molar-refractivity contribution in [1.82, 2.24) is 15.3 Å². The molecule has 0 unspecified atom stereocenters. The summed E-state index contributed by atoms with van der Waals surface area (Å²) in [4.78, 5) is 6.78. The van der Waals surface area contributed by atoms with Gasteiger partial charge in [-0.3, -0.25) is 0 Å². The quantitative estimate of drug-likeness (QED) is 0.521. The van der Waals surface area contributed by atoms with E-state index in [1.807, 2.05) is 30.3 Å². The molecule has 0 spiro atoms. The number of hydrogen-bond donors (Lipinski definition) is 5. The van der Waals surface area contributed by atoms with Gasteiger partial charge in [0, 0.05) is 12.2 Å². The zero-order valence-electron chi connectivity index (χ0n) is 12.2. The zero-order valence-corrected chi connectivity index (χ0v) is 13.0. The number of para-hydroxylation sites is 1. The van der Waals surface area contributed by atoms with Gasteiger partial charge in [-0.15, -0.1) is 0 Å². The van der Waals surface area contributed by atoms with E-state index in [-0.39, 0.29) is 6.54 Å². The Hall–Kier alpha value is -2.00. The lowest BCUT2D eigenvalue weighted by molar-refractivity contribution is 0.00767. The van der Waals surface area contributed by atoms with Gasteiger partial charge >= 0.3 is 0 Å². The summed E-state index contributed by atoms with van der Waals surface area (Å²) in [5.41, 5.74) is 1.50. The maximum absolute atomic E-state index is 10.1. The van der Waals surface area contributed by atoms with Crippen LogP contribution >= 0.6 is 12.2 Å². The second-order valence-electron chi connectivity index (χ2n) is 5.28. The van der Waals surface area contributed by atoms with Crippen molar-refractivity contribution < 1.29 is 14.9 Å². The van der Waals surface area contributed by atoms with Crippen molar-refractivity contribution in [3.05, 3.63) is 48.5 Å². The van der Waals surface area contributed by atoms with Gasteiger partial charge in [0.2, 0.25) is 0 Å². The van der Waals surface area contributed by atoms with Crippen LogP contribution < -0.4 is 10.6 Å². The molecule has 0 amide bonds. The fourth-order valence-electron chi connectivity index (χ4n) is 2.49. The van der Waals surface area contributed by atoms with Gasteiger partial charge in [-0.25, -0.2) is 4.98 Å². The highest BCUT2D eigenvalue weighted by Crippen LogP contribution is 2.32. The van der Waals surface area contributed by atoms with Gasteiger partial charge in [-0.1, -0.05) is 18.2 Å². The Morgan fingerprint density at radius 3 is 2.74 bits per heavy atom. The Labute approximate surface area is 138 Å². The summed E-state index contributed by atoms with van der Waals surface area (Å²) in [6, 6.07) is 9.52. The average Bonchev–Trinajstić information content (AvgIpc) is 3.17. The normalized spacial score (nSPS) is 26.9. The maximum Gasteiger partial charge on any atom is 0.170 e. The molecular formula is C15H18N4O3S. The molecular weight excluding hydrogens is 316 g/mol. The summed E-state index contributed by atoms with van der Waals surface area (Å²) in [5.74, 6) is 0. The number of anilines is 1. The molecule has 3 rings (SSSR count). The minimum Gasteiger partial charge on any atom is -0.388 e. The number of aliphatic hydroxyl groups excluding tert-OH is 2. The number of aliphatic hydroxyl groups is 2. The molecule has 2 aromatic rings. The third-order valence-corrected chi connectivity index (χ3v) is 3.93. The molecule has 1 aromatic heterocycles.